The fourth-order valence-corrected chi connectivity index (χ4v) is 4.47. The summed E-state index contributed by atoms with van der Waals surface area (Å²) in [6.45, 7) is -0.302. The minimum atomic E-state index is -3.25. The molecule has 0 aliphatic carbocycles. The number of sulfone groups is 1. The summed E-state index contributed by atoms with van der Waals surface area (Å²) in [6, 6.07) is 11.2. The van der Waals surface area contributed by atoms with Gasteiger partial charge < -0.3 is 19.2 Å². The van der Waals surface area contributed by atoms with Crippen LogP contribution in [0.25, 0.3) is 22.1 Å². The zero-order valence-electron chi connectivity index (χ0n) is 16.5. The number of nitrogens with one attached hydrogen (secondary N) is 1. The maximum absolute atomic E-state index is 12.9. The van der Waals surface area contributed by atoms with Crippen LogP contribution in [0.5, 0.6) is 11.5 Å². The first-order valence-corrected chi connectivity index (χ1v) is 11.1. The molecular weight excluding hydrogens is 422 g/mol. The molecule has 31 heavy (non-hydrogen) atoms. The first-order chi connectivity index (χ1) is 14.8. The molecule has 0 saturated heterocycles. The van der Waals surface area contributed by atoms with Gasteiger partial charge in [0, 0.05) is 11.5 Å². The number of hydrogen-bond donors (Lipinski definition) is 1. The third-order valence-electron chi connectivity index (χ3n) is 4.79. The zero-order valence-corrected chi connectivity index (χ0v) is 17.3. The lowest BCUT2D eigenvalue weighted by atomic mass is 10.1. The van der Waals surface area contributed by atoms with Gasteiger partial charge in [-0.1, -0.05) is 12.1 Å². The minimum Gasteiger partial charge on any atom is -0.497 e. The van der Waals surface area contributed by atoms with Crippen LogP contribution in [0.15, 0.2) is 69.4 Å². The molecule has 2 aromatic carbocycles. The first-order valence-electron chi connectivity index (χ1n) is 9.38. The summed E-state index contributed by atoms with van der Waals surface area (Å²) in [5.41, 5.74) is 1.26. The Morgan fingerprint density at radius 3 is 2.58 bits per heavy atom. The number of amides is 1. The molecule has 0 fully saturated rings. The Morgan fingerprint density at radius 1 is 1.16 bits per heavy atom. The van der Waals surface area contributed by atoms with Crippen molar-refractivity contribution >= 4 is 26.7 Å². The predicted molar refractivity (Wildman–Crippen MR) is 115 cm³/mol. The Morgan fingerprint density at radius 2 is 1.90 bits per heavy atom. The average Bonchev–Trinajstić information content (AvgIpc) is 3.10. The second-order valence-electron chi connectivity index (χ2n) is 6.99. The van der Waals surface area contributed by atoms with Crippen molar-refractivity contribution in [1.82, 2.24) is 5.32 Å². The molecule has 9 heteroatoms. The normalized spacial score (nSPS) is 16.9. The largest absolute Gasteiger partial charge is 0.497 e. The van der Waals surface area contributed by atoms with Crippen LogP contribution in [0.3, 0.4) is 0 Å². The summed E-state index contributed by atoms with van der Waals surface area (Å²) in [4.78, 5) is 24.9. The molecule has 160 valence electrons. The van der Waals surface area contributed by atoms with Gasteiger partial charge in [0.2, 0.25) is 0 Å². The third-order valence-corrected chi connectivity index (χ3v) is 6.19. The number of carbonyl (C=O) groups is 1. The van der Waals surface area contributed by atoms with Gasteiger partial charge in [0.25, 0.3) is 5.91 Å². The molecule has 1 aromatic heterocycles. The average molecular weight is 441 g/mol. The fourth-order valence-electron chi connectivity index (χ4n) is 3.23. The highest BCUT2D eigenvalue weighted by atomic mass is 32.2. The smallest absolute Gasteiger partial charge is 0.258 e. The van der Waals surface area contributed by atoms with Gasteiger partial charge >= 0.3 is 0 Å². The van der Waals surface area contributed by atoms with Crippen LogP contribution < -0.4 is 20.2 Å². The van der Waals surface area contributed by atoms with Crippen molar-refractivity contribution in [1.29, 1.82) is 0 Å². The van der Waals surface area contributed by atoms with Gasteiger partial charge in [0.1, 0.15) is 23.3 Å². The molecule has 3 aromatic rings. The topological polar surface area (TPSA) is 112 Å². The van der Waals surface area contributed by atoms with Gasteiger partial charge in [-0.2, -0.15) is 0 Å². The Labute approximate surface area is 178 Å². The van der Waals surface area contributed by atoms with Gasteiger partial charge in [-0.15, -0.1) is 0 Å². The van der Waals surface area contributed by atoms with E-state index in [2.05, 4.69) is 5.32 Å². The molecular formula is C22H19NO7S. The van der Waals surface area contributed by atoms with Crippen LogP contribution in [0, 0.1) is 0 Å². The van der Waals surface area contributed by atoms with E-state index in [0.717, 1.165) is 5.41 Å². The van der Waals surface area contributed by atoms with Gasteiger partial charge in [-0.25, -0.2) is 8.42 Å². The zero-order chi connectivity index (χ0) is 22.0. The summed E-state index contributed by atoms with van der Waals surface area (Å²) in [5, 5.41) is 4.04. The van der Waals surface area contributed by atoms with Crippen molar-refractivity contribution in [3.8, 4) is 22.6 Å². The minimum absolute atomic E-state index is 0.156. The van der Waals surface area contributed by atoms with Crippen molar-refractivity contribution in [2.24, 2.45) is 0 Å². The van der Waals surface area contributed by atoms with E-state index in [1.807, 2.05) is 0 Å². The molecule has 1 aliphatic heterocycles. The molecule has 0 bridgehead atoms. The van der Waals surface area contributed by atoms with Crippen molar-refractivity contribution in [3.05, 3.63) is 70.4 Å². The van der Waals surface area contributed by atoms with Gasteiger partial charge in [-0.05, 0) is 35.9 Å². The lowest BCUT2D eigenvalue weighted by molar-refractivity contribution is -0.123. The van der Waals surface area contributed by atoms with Crippen LogP contribution in [0.2, 0.25) is 0 Å². The maximum Gasteiger partial charge on any atom is 0.258 e. The van der Waals surface area contributed by atoms with Crippen LogP contribution in [-0.2, 0) is 14.6 Å². The number of benzene rings is 2. The van der Waals surface area contributed by atoms with E-state index in [-0.39, 0.29) is 17.8 Å². The second kappa shape index (κ2) is 8.27. The highest BCUT2D eigenvalue weighted by Crippen LogP contribution is 2.24. The van der Waals surface area contributed by atoms with Gasteiger partial charge in [0.05, 0.1) is 29.9 Å². The summed E-state index contributed by atoms with van der Waals surface area (Å²) in [6.07, 6.45) is 2.81. The van der Waals surface area contributed by atoms with Crippen molar-refractivity contribution < 1.29 is 27.1 Å². The monoisotopic (exact) mass is 441 g/mol. The summed E-state index contributed by atoms with van der Waals surface area (Å²) < 4.78 is 39.0. The van der Waals surface area contributed by atoms with Crippen LogP contribution in [0.1, 0.15) is 0 Å². The molecule has 1 aliphatic rings. The molecule has 0 spiro atoms. The second-order valence-corrected chi connectivity index (χ2v) is 8.92. The molecule has 1 N–H and O–H groups in total. The number of carbonyl (C=O) groups excluding carboxylic acids is 1. The SMILES string of the molecule is COc1ccc(-c2coc3cc(OCC(=O)N[C@H]4C=CS(=O)(=O)C4)ccc3c2=O)cc1. The number of rotatable bonds is 6. The summed E-state index contributed by atoms with van der Waals surface area (Å²) in [7, 11) is -1.68. The molecule has 1 amide bonds. The number of fused-ring (bicyclic) bond motifs is 1. The quantitative estimate of drug-likeness (QED) is 0.624. The Bertz CT molecular complexity index is 1320. The Kier molecular flexibility index (Phi) is 5.51. The van der Waals surface area contributed by atoms with E-state index in [4.69, 9.17) is 13.9 Å². The van der Waals surface area contributed by atoms with Crippen molar-refractivity contribution in [3.63, 3.8) is 0 Å². The molecule has 0 radical (unpaired) electrons. The van der Waals surface area contributed by atoms with Crippen LogP contribution in [0.4, 0.5) is 0 Å². The van der Waals surface area contributed by atoms with E-state index in [1.165, 1.54) is 18.4 Å². The van der Waals surface area contributed by atoms with Gasteiger partial charge in [0.15, 0.2) is 21.9 Å². The number of hydrogen-bond acceptors (Lipinski definition) is 7. The molecule has 0 saturated carbocycles. The molecule has 8 nitrogen and oxygen atoms in total. The lowest BCUT2D eigenvalue weighted by Gasteiger charge is -2.11. The third kappa shape index (κ3) is 4.61. The molecule has 0 unspecified atom stereocenters. The van der Waals surface area contributed by atoms with Crippen LogP contribution in [-0.4, -0.2) is 39.8 Å². The first kappa shape index (κ1) is 20.7. The Balaban J connectivity index is 1.46. The Hall–Kier alpha value is -3.59. The summed E-state index contributed by atoms with van der Waals surface area (Å²) in [5.74, 6) is 0.419. The van der Waals surface area contributed by atoms with E-state index >= 15 is 0 Å². The van der Waals surface area contributed by atoms with Crippen molar-refractivity contribution in [2.45, 2.75) is 6.04 Å². The number of methoxy groups -OCH3 is 1. The van der Waals surface area contributed by atoms with E-state index in [0.29, 0.717) is 33.6 Å². The highest BCUT2D eigenvalue weighted by molar-refractivity contribution is 7.94. The molecule has 4 rings (SSSR count). The lowest BCUT2D eigenvalue weighted by Crippen LogP contribution is -2.38. The van der Waals surface area contributed by atoms with Crippen molar-refractivity contribution in [2.75, 3.05) is 19.5 Å². The molecule has 1 atom stereocenters. The molecule has 2 heterocycles. The predicted octanol–water partition coefficient (Wildman–Crippen LogP) is 2.27. The standard InChI is InChI=1S/C22H19NO7S/c1-28-16-4-2-14(3-5-16)19-11-30-20-10-17(6-7-18(20)22(19)25)29-12-21(24)23-15-8-9-31(26,27)13-15/h2-11,15H,12-13H2,1H3,(H,23,24)/t15-/m0/s1. The van der Waals surface area contributed by atoms with E-state index in [1.54, 1.807) is 43.5 Å². The van der Waals surface area contributed by atoms with E-state index < -0.39 is 21.8 Å². The fraction of sp³-hybridized carbons (Fsp3) is 0.182. The summed E-state index contributed by atoms with van der Waals surface area (Å²) >= 11 is 0. The number of ether oxygens (including phenoxy) is 2. The highest BCUT2D eigenvalue weighted by Gasteiger charge is 2.23. The van der Waals surface area contributed by atoms with E-state index in [9.17, 15) is 18.0 Å². The van der Waals surface area contributed by atoms with Gasteiger partial charge in [-0.3, -0.25) is 9.59 Å². The maximum atomic E-state index is 12.9. The van der Waals surface area contributed by atoms with Crippen LogP contribution >= 0.6 is 0 Å².